The second kappa shape index (κ2) is 10.1. The summed E-state index contributed by atoms with van der Waals surface area (Å²) in [6.07, 6.45) is 0. The number of carboxylic acid groups (broad SMARTS) is 2. The minimum absolute atomic E-state index is 0.0831. The summed E-state index contributed by atoms with van der Waals surface area (Å²) in [5, 5.41) is 36.2. The first-order valence-corrected chi connectivity index (χ1v) is 7.08. The average Bonchev–Trinajstić information content (AvgIpc) is 2.49. The molecule has 4 N–H and O–H groups in total. The van der Waals surface area contributed by atoms with E-state index in [2.05, 4.69) is 0 Å². The number of rotatable bonds is 2. The van der Waals surface area contributed by atoms with E-state index in [1.54, 1.807) is 18.2 Å². The molecule has 0 aliphatic carbocycles. The van der Waals surface area contributed by atoms with Crippen molar-refractivity contribution in [3.05, 3.63) is 23.2 Å². The number of phenolic OH excluding ortho intramolecular Hbond substituents is 2. The average molecular weight is 375 g/mol. The van der Waals surface area contributed by atoms with Crippen molar-refractivity contribution in [2.75, 3.05) is 14.2 Å². The molecular weight excluding hydrogens is 356 g/mol. The quantitative estimate of drug-likeness (QED) is 0.589. The Morgan fingerprint density at radius 3 is 1.60 bits per heavy atom. The molecule has 0 bridgehead atoms. The lowest BCUT2D eigenvalue weighted by molar-refractivity contribution is -0.135. The highest BCUT2D eigenvalue weighted by molar-refractivity contribution is 6.31. The van der Waals surface area contributed by atoms with E-state index in [0.29, 0.717) is 15.8 Å². The Bertz CT molecular complexity index is 738. The van der Waals surface area contributed by atoms with Gasteiger partial charge in [0.2, 0.25) is 11.5 Å². The maximum Gasteiger partial charge on any atom is 0.300 e. The SMILES string of the molecule is CC(=O)O.CC(=O)O.COc1c(OC)c(O)c2cc(Cl)ccc2c1O. The Kier molecular flexibility index (Phi) is 8.93. The lowest BCUT2D eigenvalue weighted by Gasteiger charge is -2.14. The number of methoxy groups -OCH3 is 2. The van der Waals surface area contributed by atoms with Gasteiger partial charge >= 0.3 is 0 Å². The minimum Gasteiger partial charge on any atom is -0.504 e. The van der Waals surface area contributed by atoms with E-state index >= 15 is 0 Å². The van der Waals surface area contributed by atoms with E-state index in [0.717, 1.165) is 13.8 Å². The molecule has 0 atom stereocenters. The van der Waals surface area contributed by atoms with Crippen molar-refractivity contribution in [1.82, 2.24) is 0 Å². The summed E-state index contributed by atoms with van der Waals surface area (Å²) in [7, 11) is 2.77. The van der Waals surface area contributed by atoms with E-state index in [1.807, 2.05) is 0 Å². The number of halogens is 1. The van der Waals surface area contributed by atoms with Crippen molar-refractivity contribution in [2.45, 2.75) is 13.8 Å². The van der Waals surface area contributed by atoms with E-state index in [1.165, 1.54) is 14.2 Å². The number of fused-ring (bicyclic) bond motifs is 1. The first-order valence-electron chi connectivity index (χ1n) is 6.70. The van der Waals surface area contributed by atoms with Gasteiger partial charge in [0.1, 0.15) is 0 Å². The third-order valence-corrected chi connectivity index (χ3v) is 2.77. The van der Waals surface area contributed by atoms with Crippen LogP contribution in [0.25, 0.3) is 10.8 Å². The third-order valence-electron chi connectivity index (χ3n) is 2.54. The molecule has 138 valence electrons. The fraction of sp³-hybridized carbons (Fsp3) is 0.250. The fourth-order valence-corrected chi connectivity index (χ4v) is 1.93. The van der Waals surface area contributed by atoms with Crippen LogP contribution in [0.5, 0.6) is 23.0 Å². The molecular formula is C16H19ClO8. The van der Waals surface area contributed by atoms with Gasteiger partial charge in [0, 0.05) is 29.6 Å². The van der Waals surface area contributed by atoms with E-state index in [9.17, 15) is 10.2 Å². The summed E-state index contributed by atoms with van der Waals surface area (Å²) in [4.78, 5) is 18.0. The summed E-state index contributed by atoms with van der Waals surface area (Å²) in [5.74, 6) is -1.69. The molecule has 0 saturated carbocycles. The van der Waals surface area contributed by atoms with Gasteiger partial charge in [-0.1, -0.05) is 11.6 Å². The predicted molar refractivity (Wildman–Crippen MR) is 92.0 cm³/mol. The Labute approximate surface area is 148 Å². The second-order valence-electron chi connectivity index (χ2n) is 4.49. The minimum atomic E-state index is -0.833. The number of phenols is 2. The molecule has 2 rings (SSSR count). The Morgan fingerprint density at radius 2 is 1.24 bits per heavy atom. The number of aliphatic carboxylic acids is 2. The predicted octanol–water partition coefficient (Wildman–Crippen LogP) is 3.10. The molecule has 0 amide bonds. The van der Waals surface area contributed by atoms with E-state index in [4.69, 9.17) is 40.9 Å². The van der Waals surface area contributed by atoms with Gasteiger partial charge in [-0.15, -0.1) is 0 Å². The molecule has 0 heterocycles. The smallest absolute Gasteiger partial charge is 0.300 e. The van der Waals surface area contributed by atoms with Crippen LogP contribution in [0, 0.1) is 0 Å². The van der Waals surface area contributed by atoms with Crippen molar-refractivity contribution in [3.63, 3.8) is 0 Å². The van der Waals surface area contributed by atoms with Crippen LogP contribution >= 0.6 is 11.6 Å². The zero-order chi connectivity index (χ0) is 19.7. The Morgan fingerprint density at radius 1 is 0.880 bits per heavy atom. The van der Waals surface area contributed by atoms with Crippen LogP contribution in [0.15, 0.2) is 18.2 Å². The van der Waals surface area contributed by atoms with Gasteiger partial charge in [0.15, 0.2) is 11.5 Å². The monoisotopic (exact) mass is 374 g/mol. The highest BCUT2D eigenvalue weighted by atomic mass is 35.5. The maximum absolute atomic E-state index is 10.0. The fourth-order valence-electron chi connectivity index (χ4n) is 1.76. The van der Waals surface area contributed by atoms with E-state index < -0.39 is 11.9 Å². The Hall–Kier alpha value is -2.87. The van der Waals surface area contributed by atoms with Crippen LogP contribution in [0.4, 0.5) is 0 Å². The van der Waals surface area contributed by atoms with Crippen molar-refractivity contribution in [3.8, 4) is 23.0 Å². The number of carboxylic acids is 2. The molecule has 0 spiro atoms. The number of ether oxygens (including phenoxy) is 2. The van der Waals surface area contributed by atoms with Gasteiger partial charge in [-0.25, -0.2) is 0 Å². The number of hydrogen-bond donors (Lipinski definition) is 4. The second-order valence-corrected chi connectivity index (χ2v) is 4.93. The largest absolute Gasteiger partial charge is 0.504 e. The summed E-state index contributed by atoms with van der Waals surface area (Å²) in [6.45, 7) is 2.17. The first-order chi connectivity index (χ1) is 11.6. The van der Waals surface area contributed by atoms with Gasteiger partial charge in [-0.2, -0.15) is 0 Å². The standard InChI is InChI=1S/C12H11ClO4.2C2H4O2/c1-16-11-9(14)7-4-3-6(13)5-8(7)10(15)12(11)17-2;2*1-2(3)4/h3-5,14-15H,1-2H3;2*1H3,(H,3,4). The van der Waals surface area contributed by atoms with Crippen molar-refractivity contribution in [1.29, 1.82) is 0 Å². The normalized spacial score (nSPS) is 9.16. The topological polar surface area (TPSA) is 134 Å². The third kappa shape index (κ3) is 6.64. The van der Waals surface area contributed by atoms with Gasteiger partial charge in [-0.05, 0) is 18.2 Å². The molecule has 9 heteroatoms. The number of hydrogen-bond acceptors (Lipinski definition) is 6. The molecule has 0 aliphatic heterocycles. The maximum atomic E-state index is 10.0. The van der Waals surface area contributed by atoms with Crippen LogP contribution in [0.3, 0.4) is 0 Å². The lowest BCUT2D eigenvalue weighted by Crippen LogP contribution is -1.93. The molecule has 0 unspecified atom stereocenters. The highest BCUT2D eigenvalue weighted by Gasteiger charge is 2.20. The van der Waals surface area contributed by atoms with Gasteiger partial charge in [-0.3, -0.25) is 9.59 Å². The zero-order valence-corrected chi connectivity index (χ0v) is 14.8. The molecule has 0 fully saturated rings. The Balaban J connectivity index is 0.000000609. The van der Waals surface area contributed by atoms with Gasteiger partial charge < -0.3 is 29.9 Å². The number of benzene rings is 2. The molecule has 0 aromatic heterocycles. The number of carbonyl (C=O) groups is 2. The van der Waals surface area contributed by atoms with E-state index in [-0.39, 0.29) is 23.0 Å². The van der Waals surface area contributed by atoms with Crippen molar-refractivity contribution >= 4 is 34.3 Å². The van der Waals surface area contributed by atoms with Crippen LogP contribution in [0.1, 0.15) is 13.8 Å². The lowest BCUT2D eigenvalue weighted by atomic mass is 10.1. The summed E-state index contributed by atoms with van der Waals surface area (Å²) in [6, 6.07) is 4.78. The van der Waals surface area contributed by atoms with Crippen LogP contribution in [-0.2, 0) is 9.59 Å². The van der Waals surface area contributed by atoms with Crippen LogP contribution < -0.4 is 9.47 Å². The summed E-state index contributed by atoms with van der Waals surface area (Å²) in [5.41, 5.74) is 0. The zero-order valence-electron chi connectivity index (χ0n) is 14.0. The van der Waals surface area contributed by atoms with Crippen LogP contribution in [0.2, 0.25) is 5.02 Å². The molecule has 2 aromatic carbocycles. The summed E-state index contributed by atoms with van der Waals surface area (Å²) >= 11 is 5.85. The van der Waals surface area contributed by atoms with Gasteiger partial charge in [0.05, 0.1) is 14.2 Å². The number of aromatic hydroxyl groups is 2. The van der Waals surface area contributed by atoms with Crippen LogP contribution in [-0.4, -0.2) is 46.6 Å². The van der Waals surface area contributed by atoms with Crippen molar-refractivity contribution < 1.29 is 39.5 Å². The molecule has 2 aromatic rings. The molecule has 0 radical (unpaired) electrons. The summed E-state index contributed by atoms with van der Waals surface area (Å²) < 4.78 is 10.0. The van der Waals surface area contributed by atoms with Gasteiger partial charge in [0.25, 0.3) is 11.9 Å². The van der Waals surface area contributed by atoms with Crippen molar-refractivity contribution in [2.24, 2.45) is 0 Å². The molecule has 0 aliphatic rings. The molecule has 25 heavy (non-hydrogen) atoms. The highest BCUT2D eigenvalue weighted by Crippen LogP contribution is 2.50. The molecule has 8 nitrogen and oxygen atoms in total. The first kappa shape index (κ1) is 22.1. The molecule has 0 saturated heterocycles.